The van der Waals surface area contributed by atoms with E-state index in [0.717, 1.165) is 25.9 Å². The van der Waals surface area contributed by atoms with E-state index >= 15 is 0 Å². The molecule has 1 aromatic carbocycles. The third-order valence-electron chi connectivity index (χ3n) is 4.32. The third kappa shape index (κ3) is 3.99. The summed E-state index contributed by atoms with van der Waals surface area (Å²) in [6.07, 6.45) is 4.18. The number of benzene rings is 1. The average molecular weight is 365 g/mol. The van der Waals surface area contributed by atoms with Crippen LogP contribution in [-0.4, -0.2) is 28.1 Å². The first kappa shape index (κ1) is 17.5. The van der Waals surface area contributed by atoms with Crippen LogP contribution in [0.25, 0.3) is 0 Å². The number of anilines is 1. The molecule has 4 nitrogen and oxygen atoms in total. The van der Waals surface area contributed by atoms with Crippen LogP contribution in [-0.2, 0) is 22.9 Å². The highest BCUT2D eigenvalue weighted by atomic mass is 32.2. The Bertz CT molecular complexity index is 770. The zero-order valence-corrected chi connectivity index (χ0v) is 15.6. The molecule has 0 amide bonds. The Morgan fingerprint density at radius 3 is 2.92 bits per heavy atom. The first-order valence-electron chi connectivity index (χ1n) is 8.50. The summed E-state index contributed by atoms with van der Waals surface area (Å²) in [7, 11) is -3.36. The van der Waals surface area contributed by atoms with E-state index in [-0.39, 0.29) is 0 Å². The van der Waals surface area contributed by atoms with E-state index < -0.39 is 10.0 Å². The van der Waals surface area contributed by atoms with Gasteiger partial charge in [-0.2, -0.15) is 0 Å². The lowest BCUT2D eigenvalue weighted by atomic mass is 9.98. The van der Waals surface area contributed by atoms with Gasteiger partial charge in [0.2, 0.25) is 10.0 Å². The fraction of sp³-hybridized carbons (Fsp3) is 0.444. The van der Waals surface area contributed by atoms with Crippen molar-refractivity contribution in [2.24, 2.45) is 0 Å². The molecule has 6 heteroatoms. The SMILES string of the molecule is CCCN1CCCc2cc(CCNS(=O)(=O)c3cccs3)ccc21. The predicted molar refractivity (Wildman–Crippen MR) is 100 cm³/mol. The maximum Gasteiger partial charge on any atom is 0.250 e. The molecule has 0 fully saturated rings. The molecule has 0 bridgehead atoms. The minimum Gasteiger partial charge on any atom is -0.371 e. The summed E-state index contributed by atoms with van der Waals surface area (Å²) in [6, 6.07) is 9.97. The van der Waals surface area contributed by atoms with Crippen molar-refractivity contribution in [1.29, 1.82) is 0 Å². The number of aryl methyl sites for hydroxylation is 1. The van der Waals surface area contributed by atoms with Gasteiger partial charge in [0, 0.05) is 25.3 Å². The first-order valence-corrected chi connectivity index (χ1v) is 10.9. The van der Waals surface area contributed by atoms with Crippen molar-refractivity contribution in [3.63, 3.8) is 0 Å². The monoisotopic (exact) mass is 364 g/mol. The maximum absolute atomic E-state index is 12.1. The normalized spacial score (nSPS) is 14.6. The Hall–Kier alpha value is -1.37. The van der Waals surface area contributed by atoms with Gasteiger partial charge in [0.25, 0.3) is 0 Å². The quantitative estimate of drug-likeness (QED) is 0.819. The van der Waals surface area contributed by atoms with E-state index in [0.29, 0.717) is 17.2 Å². The average Bonchev–Trinajstić information content (AvgIpc) is 3.10. The first-order chi connectivity index (χ1) is 11.6. The van der Waals surface area contributed by atoms with Crippen molar-refractivity contribution < 1.29 is 8.42 Å². The number of thiophene rings is 1. The van der Waals surface area contributed by atoms with Gasteiger partial charge in [-0.3, -0.25) is 0 Å². The van der Waals surface area contributed by atoms with Gasteiger partial charge in [0.05, 0.1) is 0 Å². The highest BCUT2D eigenvalue weighted by Crippen LogP contribution is 2.28. The second-order valence-corrected chi connectivity index (χ2v) is 9.08. The van der Waals surface area contributed by atoms with Crippen LogP contribution in [0.5, 0.6) is 0 Å². The molecule has 1 N–H and O–H groups in total. The maximum atomic E-state index is 12.1. The minimum atomic E-state index is -3.36. The highest BCUT2D eigenvalue weighted by Gasteiger charge is 2.17. The Kier molecular flexibility index (Phi) is 5.58. The zero-order chi connectivity index (χ0) is 17.0. The van der Waals surface area contributed by atoms with E-state index in [1.807, 2.05) is 0 Å². The lowest BCUT2D eigenvalue weighted by molar-refractivity contribution is 0.583. The van der Waals surface area contributed by atoms with Crippen LogP contribution < -0.4 is 9.62 Å². The number of nitrogens with zero attached hydrogens (tertiary/aromatic N) is 1. The molecule has 2 aromatic rings. The molecule has 1 aromatic heterocycles. The minimum absolute atomic E-state index is 0.378. The second-order valence-electron chi connectivity index (χ2n) is 6.13. The predicted octanol–water partition coefficient (Wildman–Crippen LogP) is 3.43. The summed E-state index contributed by atoms with van der Waals surface area (Å²) < 4.78 is 27.3. The van der Waals surface area contributed by atoms with Gasteiger partial charge in [-0.05, 0) is 54.3 Å². The lowest BCUT2D eigenvalue weighted by Gasteiger charge is -2.31. The molecule has 24 heavy (non-hydrogen) atoms. The fourth-order valence-electron chi connectivity index (χ4n) is 3.20. The molecule has 0 saturated heterocycles. The van der Waals surface area contributed by atoms with E-state index in [9.17, 15) is 8.42 Å². The topological polar surface area (TPSA) is 49.4 Å². The van der Waals surface area contributed by atoms with Gasteiger partial charge in [-0.1, -0.05) is 25.1 Å². The molecule has 0 atom stereocenters. The molecule has 130 valence electrons. The van der Waals surface area contributed by atoms with Crippen molar-refractivity contribution in [1.82, 2.24) is 4.72 Å². The van der Waals surface area contributed by atoms with E-state index in [2.05, 4.69) is 34.7 Å². The van der Waals surface area contributed by atoms with Crippen LogP contribution in [0.4, 0.5) is 5.69 Å². The molecule has 0 spiro atoms. The van der Waals surface area contributed by atoms with Gasteiger partial charge in [-0.15, -0.1) is 11.3 Å². The Morgan fingerprint density at radius 1 is 1.29 bits per heavy atom. The van der Waals surface area contributed by atoms with E-state index in [4.69, 9.17) is 0 Å². The Balaban J connectivity index is 1.62. The summed E-state index contributed by atoms with van der Waals surface area (Å²) in [6.45, 7) is 4.88. The number of nitrogens with one attached hydrogen (secondary N) is 1. The smallest absolute Gasteiger partial charge is 0.250 e. The standard InChI is InChI=1S/C18H24N2O2S2/c1-2-11-20-12-3-5-16-14-15(7-8-17(16)20)9-10-19-24(21,22)18-6-4-13-23-18/h4,6-8,13-14,19H,2-3,5,9-12H2,1H3. The van der Waals surface area contributed by atoms with Gasteiger partial charge < -0.3 is 4.90 Å². The summed E-state index contributed by atoms with van der Waals surface area (Å²) >= 11 is 1.24. The van der Waals surface area contributed by atoms with Crippen molar-refractivity contribution in [3.8, 4) is 0 Å². The lowest BCUT2D eigenvalue weighted by Crippen LogP contribution is -2.30. The van der Waals surface area contributed by atoms with E-state index in [1.165, 1.54) is 34.6 Å². The molecule has 0 unspecified atom stereocenters. The van der Waals surface area contributed by atoms with Crippen LogP contribution >= 0.6 is 11.3 Å². The molecular formula is C18H24N2O2S2. The molecule has 2 heterocycles. The summed E-state index contributed by atoms with van der Waals surface area (Å²) in [5.41, 5.74) is 3.94. The van der Waals surface area contributed by atoms with Crippen LogP contribution in [0.15, 0.2) is 39.9 Å². The van der Waals surface area contributed by atoms with Gasteiger partial charge >= 0.3 is 0 Å². The van der Waals surface area contributed by atoms with Gasteiger partial charge in [0.1, 0.15) is 4.21 Å². The van der Waals surface area contributed by atoms with Crippen molar-refractivity contribution in [2.45, 2.75) is 36.8 Å². The number of hydrogen-bond acceptors (Lipinski definition) is 4. The molecule has 0 saturated carbocycles. The molecule has 1 aliphatic heterocycles. The number of sulfonamides is 1. The fourth-order valence-corrected chi connectivity index (χ4v) is 5.27. The molecule has 1 aliphatic rings. The van der Waals surface area contributed by atoms with Crippen LogP contribution in [0.3, 0.4) is 0 Å². The molecular weight excluding hydrogens is 340 g/mol. The highest BCUT2D eigenvalue weighted by molar-refractivity contribution is 7.91. The second kappa shape index (κ2) is 7.68. The number of fused-ring (bicyclic) bond motifs is 1. The largest absolute Gasteiger partial charge is 0.371 e. The third-order valence-corrected chi connectivity index (χ3v) is 7.18. The number of rotatable bonds is 7. The molecule has 0 radical (unpaired) electrons. The number of hydrogen-bond donors (Lipinski definition) is 1. The van der Waals surface area contributed by atoms with Gasteiger partial charge in [-0.25, -0.2) is 13.1 Å². The van der Waals surface area contributed by atoms with Crippen LogP contribution in [0.1, 0.15) is 30.9 Å². The molecule has 3 rings (SSSR count). The van der Waals surface area contributed by atoms with Gasteiger partial charge in [0.15, 0.2) is 0 Å². The summed E-state index contributed by atoms with van der Waals surface area (Å²) in [4.78, 5) is 2.46. The van der Waals surface area contributed by atoms with E-state index in [1.54, 1.807) is 17.5 Å². The van der Waals surface area contributed by atoms with Crippen molar-refractivity contribution >= 4 is 27.0 Å². The van der Waals surface area contributed by atoms with Crippen molar-refractivity contribution in [3.05, 3.63) is 46.8 Å². The Morgan fingerprint density at radius 2 is 2.17 bits per heavy atom. The van der Waals surface area contributed by atoms with Crippen molar-refractivity contribution in [2.75, 3.05) is 24.5 Å². The Labute approximate surface area is 148 Å². The zero-order valence-electron chi connectivity index (χ0n) is 14.0. The molecule has 0 aliphatic carbocycles. The van der Waals surface area contributed by atoms with Crippen LogP contribution in [0.2, 0.25) is 0 Å². The summed E-state index contributed by atoms with van der Waals surface area (Å²) in [5.74, 6) is 0. The van der Waals surface area contributed by atoms with Crippen LogP contribution in [0, 0.1) is 0 Å². The summed E-state index contributed by atoms with van der Waals surface area (Å²) in [5, 5.41) is 1.78.